The summed E-state index contributed by atoms with van der Waals surface area (Å²) in [6.07, 6.45) is 3.99. The highest BCUT2D eigenvalue weighted by molar-refractivity contribution is 5.75. The maximum atomic E-state index is 11.2. The number of rotatable bonds is 5. The monoisotopic (exact) mass is 232 g/mol. The summed E-state index contributed by atoms with van der Waals surface area (Å²) in [5.74, 6) is 1.51. The van der Waals surface area contributed by atoms with Crippen LogP contribution in [-0.4, -0.2) is 13.4 Å². The molecule has 0 spiro atoms. The Bertz CT molecular complexity index is 417. The molecule has 0 bridgehead atoms. The van der Waals surface area contributed by atoms with Crippen molar-refractivity contribution < 1.29 is 9.53 Å². The second-order valence-corrected chi connectivity index (χ2v) is 5.37. The first-order chi connectivity index (χ1) is 8.13. The van der Waals surface area contributed by atoms with Gasteiger partial charge in [-0.15, -0.1) is 0 Å². The van der Waals surface area contributed by atoms with Crippen LogP contribution in [0.4, 0.5) is 0 Å². The molecule has 1 aromatic carbocycles. The van der Waals surface area contributed by atoms with E-state index < -0.39 is 0 Å². The second-order valence-electron chi connectivity index (χ2n) is 5.37. The zero-order valence-corrected chi connectivity index (χ0v) is 10.8. The second kappa shape index (κ2) is 4.52. The lowest BCUT2D eigenvalue weighted by molar-refractivity contribution is -0.109. The lowest BCUT2D eigenvalue weighted by atomic mass is 9.91. The average molecular weight is 232 g/mol. The Morgan fingerprint density at radius 1 is 1.41 bits per heavy atom. The number of aldehydes is 1. The van der Waals surface area contributed by atoms with Crippen LogP contribution in [-0.2, 0) is 16.6 Å². The lowest BCUT2D eigenvalue weighted by Gasteiger charge is -2.18. The minimum Gasteiger partial charge on any atom is -0.496 e. The van der Waals surface area contributed by atoms with Crippen molar-refractivity contribution in [3.63, 3.8) is 0 Å². The Balaban J connectivity index is 2.42. The summed E-state index contributed by atoms with van der Waals surface area (Å²) in [4.78, 5) is 11.2. The minimum atomic E-state index is -0.252. The van der Waals surface area contributed by atoms with Gasteiger partial charge in [0.25, 0.3) is 0 Å². The summed E-state index contributed by atoms with van der Waals surface area (Å²) in [5, 5.41) is 0. The largest absolute Gasteiger partial charge is 0.496 e. The molecule has 0 heterocycles. The van der Waals surface area contributed by atoms with E-state index in [-0.39, 0.29) is 5.41 Å². The highest BCUT2D eigenvalue weighted by atomic mass is 16.5. The number of carbonyl (C=O) groups excluding carboxylic acids is 1. The highest BCUT2D eigenvalue weighted by Crippen LogP contribution is 2.50. The Hall–Kier alpha value is -1.31. The fraction of sp³-hybridized carbons (Fsp3) is 0.533. The van der Waals surface area contributed by atoms with Gasteiger partial charge in [-0.2, -0.15) is 0 Å². The van der Waals surface area contributed by atoms with Gasteiger partial charge in [-0.05, 0) is 30.7 Å². The summed E-state index contributed by atoms with van der Waals surface area (Å²) in [7, 11) is 1.70. The SMILES string of the molecule is COc1c(CC(C)C)cccc1C1(C=O)CC1. The zero-order valence-electron chi connectivity index (χ0n) is 10.8. The molecule has 0 unspecified atom stereocenters. The van der Waals surface area contributed by atoms with Gasteiger partial charge in [0, 0.05) is 5.56 Å². The van der Waals surface area contributed by atoms with Crippen LogP contribution in [0, 0.1) is 5.92 Å². The van der Waals surface area contributed by atoms with Crippen molar-refractivity contribution in [3.8, 4) is 5.75 Å². The third kappa shape index (κ3) is 2.21. The Morgan fingerprint density at radius 2 is 2.12 bits per heavy atom. The minimum absolute atomic E-state index is 0.252. The normalized spacial score (nSPS) is 16.9. The molecule has 0 radical (unpaired) electrons. The highest BCUT2D eigenvalue weighted by Gasteiger charge is 2.46. The molecule has 2 nitrogen and oxygen atoms in total. The Labute approximate surface area is 103 Å². The molecule has 1 aliphatic carbocycles. The topological polar surface area (TPSA) is 26.3 Å². The fourth-order valence-electron chi connectivity index (χ4n) is 2.40. The van der Waals surface area contributed by atoms with Gasteiger partial charge in [0.2, 0.25) is 0 Å². The van der Waals surface area contributed by atoms with E-state index in [1.54, 1.807) is 7.11 Å². The summed E-state index contributed by atoms with van der Waals surface area (Å²) in [6, 6.07) is 6.17. The molecule has 1 fully saturated rings. The van der Waals surface area contributed by atoms with Gasteiger partial charge in [-0.1, -0.05) is 32.0 Å². The molecule has 2 heteroatoms. The molecule has 92 valence electrons. The van der Waals surface area contributed by atoms with Crippen molar-refractivity contribution >= 4 is 6.29 Å². The van der Waals surface area contributed by atoms with Gasteiger partial charge in [0.1, 0.15) is 12.0 Å². The quantitative estimate of drug-likeness (QED) is 0.729. The molecule has 17 heavy (non-hydrogen) atoms. The first-order valence-corrected chi connectivity index (χ1v) is 6.25. The van der Waals surface area contributed by atoms with Crippen molar-refractivity contribution in [1.29, 1.82) is 0 Å². The van der Waals surface area contributed by atoms with E-state index in [1.165, 1.54) is 5.56 Å². The Morgan fingerprint density at radius 3 is 2.59 bits per heavy atom. The first kappa shape index (κ1) is 12.2. The summed E-state index contributed by atoms with van der Waals surface area (Å²) in [6.45, 7) is 4.39. The number of carbonyl (C=O) groups is 1. The molecule has 1 aliphatic rings. The van der Waals surface area contributed by atoms with E-state index in [0.717, 1.165) is 36.9 Å². The molecule has 0 saturated heterocycles. The molecular weight excluding hydrogens is 212 g/mol. The maximum absolute atomic E-state index is 11.2. The molecule has 0 aromatic heterocycles. The van der Waals surface area contributed by atoms with Crippen LogP contribution < -0.4 is 4.74 Å². The van der Waals surface area contributed by atoms with Gasteiger partial charge >= 0.3 is 0 Å². The number of hydrogen-bond acceptors (Lipinski definition) is 2. The Kier molecular flexibility index (Phi) is 3.23. The van der Waals surface area contributed by atoms with E-state index >= 15 is 0 Å². The van der Waals surface area contributed by atoms with E-state index in [4.69, 9.17) is 4.74 Å². The summed E-state index contributed by atoms with van der Waals surface area (Å²) < 4.78 is 5.55. The van der Waals surface area contributed by atoms with Crippen LogP contribution >= 0.6 is 0 Å². The number of ether oxygens (including phenoxy) is 1. The van der Waals surface area contributed by atoms with Crippen LogP contribution in [0.1, 0.15) is 37.8 Å². The van der Waals surface area contributed by atoms with Gasteiger partial charge in [-0.3, -0.25) is 0 Å². The van der Waals surface area contributed by atoms with Crippen LogP contribution in [0.5, 0.6) is 5.75 Å². The zero-order chi connectivity index (χ0) is 12.5. The predicted octanol–water partition coefficient (Wildman–Crippen LogP) is 3.12. The maximum Gasteiger partial charge on any atom is 0.130 e. The van der Waals surface area contributed by atoms with E-state index in [0.29, 0.717) is 5.92 Å². The third-order valence-electron chi connectivity index (χ3n) is 3.48. The standard InChI is InChI=1S/C15H20O2/c1-11(2)9-12-5-4-6-13(14(12)17-3)15(10-16)7-8-15/h4-6,10-11H,7-9H2,1-3H3. The predicted molar refractivity (Wildman–Crippen MR) is 68.5 cm³/mol. The first-order valence-electron chi connectivity index (χ1n) is 6.25. The number of para-hydroxylation sites is 1. The van der Waals surface area contributed by atoms with Crippen molar-refractivity contribution in [2.75, 3.05) is 7.11 Å². The number of hydrogen-bond donors (Lipinski definition) is 0. The third-order valence-corrected chi connectivity index (χ3v) is 3.48. The molecule has 2 rings (SSSR count). The van der Waals surface area contributed by atoms with Crippen LogP contribution in [0.3, 0.4) is 0 Å². The number of methoxy groups -OCH3 is 1. The molecule has 0 amide bonds. The van der Waals surface area contributed by atoms with E-state index in [1.807, 2.05) is 12.1 Å². The molecule has 0 N–H and O–H groups in total. The van der Waals surface area contributed by atoms with Crippen LogP contribution in [0.25, 0.3) is 0 Å². The van der Waals surface area contributed by atoms with Gasteiger partial charge in [-0.25, -0.2) is 0 Å². The smallest absolute Gasteiger partial charge is 0.130 e. The van der Waals surface area contributed by atoms with Crippen LogP contribution in [0.15, 0.2) is 18.2 Å². The van der Waals surface area contributed by atoms with Gasteiger partial charge < -0.3 is 9.53 Å². The lowest BCUT2D eigenvalue weighted by Crippen LogP contribution is -2.11. The van der Waals surface area contributed by atoms with Crippen molar-refractivity contribution in [2.24, 2.45) is 5.92 Å². The van der Waals surface area contributed by atoms with E-state index in [9.17, 15) is 4.79 Å². The molecule has 1 aromatic rings. The molecule has 0 atom stereocenters. The van der Waals surface area contributed by atoms with Crippen molar-refractivity contribution in [1.82, 2.24) is 0 Å². The molecular formula is C15H20O2. The fourth-order valence-corrected chi connectivity index (χ4v) is 2.40. The molecule has 0 aliphatic heterocycles. The summed E-state index contributed by atoms with van der Waals surface area (Å²) >= 11 is 0. The average Bonchev–Trinajstić information content (AvgIpc) is 3.08. The van der Waals surface area contributed by atoms with Crippen LogP contribution in [0.2, 0.25) is 0 Å². The molecule has 1 saturated carbocycles. The van der Waals surface area contributed by atoms with Gasteiger partial charge in [0.05, 0.1) is 12.5 Å². The summed E-state index contributed by atoms with van der Waals surface area (Å²) in [5.41, 5.74) is 2.04. The van der Waals surface area contributed by atoms with Gasteiger partial charge in [0.15, 0.2) is 0 Å². The van der Waals surface area contributed by atoms with E-state index in [2.05, 4.69) is 19.9 Å². The van der Waals surface area contributed by atoms with Crippen molar-refractivity contribution in [2.45, 2.75) is 38.5 Å². The number of benzene rings is 1. The van der Waals surface area contributed by atoms with Crippen molar-refractivity contribution in [3.05, 3.63) is 29.3 Å².